The Balaban J connectivity index is 1.79. The molecule has 0 aliphatic heterocycles. The van der Waals surface area contributed by atoms with E-state index >= 15 is 0 Å². The monoisotopic (exact) mass is 528 g/mol. The van der Waals surface area contributed by atoms with Gasteiger partial charge in [-0.15, -0.1) is 0 Å². The lowest BCUT2D eigenvalue weighted by Gasteiger charge is -2.21. The number of nitrogens with one attached hydrogen (secondary N) is 1. The third kappa shape index (κ3) is 6.58. The fourth-order valence-electron chi connectivity index (χ4n) is 2.93. The van der Waals surface area contributed by atoms with Crippen molar-refractivity contribution >= 4 is 44.0 Å². The van der Waals surface area contributed by atoms with Gasteiger partial charge in [0.2, 0.25) is 10.0 Å². The van der Waals surface area contributed by atoms with Crippen LogP contribution < -0.4 is 10.5 Å². The second-order valence-electron chi connectivity index (χ2n) is 6.88. The topological polar surface area (TPSA) is 119 Å². The summed E-state index contributed by atoms with van der Waals surface area (Å²) < 4.78 is 28.2. The number of nitrogens with zero attached hydrogens (tertiary/aromatic N) is 2. The second kappa shape index (κ2) is 11.0. The summed E-state index contributed by atoms with van der Waals surface area (Å²) in [7, 11) is -3.99. The number of aromatic carboxylic acids is 1. The zero-order chi connectivity index (χ0) is 23.8. The fourth-order valence-corrected chi connectivity index (χ4v) is 4.58. The molecule has 0 spiro atoms. The summed E-state index contributed by atoms with van der Waals surface area (Å²) in [5.74, 6) is -2.06. The molecule has 0 atom stereocenters. The highest BCUT2D eigenvalue weighted by molar-refractivity contribution is 9.10. The zero-order valence-electron chi connectivity index (χ0n) is 17.2. The first-order valence-corrected chi connectivity index (χ1v) is 11.9. The normalized spacial score (nSPS) is 11.6. The van der Waals surface area contributed by atoms with E-state index in [1.807, 2.05) is 6.07 Å². The van der Waals surface area contributed by atoms with Crippen LogP contribution in [0.15, 0.2) is 93.3 Å². The van der Waals surface area contributed by atoms with Crippen molar-refractivity contribution < 1.29 is 23.1 Å². The molecule has 10 heteroatoms. The molecule has 0 aliphatic rings. The average molecular weight is 529 g/mol. The molecule has 1 amide bonds. The number of amides is 1. The van der Waals surface area contributed by atoms with Crippen molar-refractivity contribution in [1.29, 1.82) is 0 Å². The molecule has 0 saturated heterocycles. The quantitative estimate of drug-likeness (QED) is 0.337. The third-order valence-electron chi connectivity index (χ3n) is 4.55. The number of carbonyl (C=O) groups excluding carboxylic acids is 2. The lowest BCUT2D eigenvalue weighted by Crippen LogP contribution is -2.39. The number of halogens is 1. The molecule has 0 saturated carbocycles. The number of carboxylic acids is 1. The van der Waals surface area contributed by atoms with Gasteiger partial charge in [0, 0.05) is 22.1 Å². The summed E-state index contributed by atoms with van der Waals surface area (Å²) in [5.41, 5.74) is 3.11. The number of benzene rings is 3. The van der Waals surface area contributed by atoms with Gasteiger partial charge in [0.05, 0.1) is 23.6 Å². The number of rotatable bonds is 9. The Bertz CT molecular complexity index is 1260. The Hall–Kier alpha value is -3.34. The summed E-state index contributed by atoms with van der Waals surface area (Å²) in [4.78, 5) is 23.7. The van der Waals surface area contributed by atoms with Crippen molar-refractivity contribution in [3.8, 4) is 0 Å². The van der Waals surface area contributed by atoms with Crippen LogP contribution in [-0.4, -0.2) is 37.4 Å². The van der Waals surface area contributed by atoms with Gasteiger partial charge in [0.15, 0.2) is 0 Å². The molecule has 3 aromatic carbocycles. The van der Waals surface area contributed by atoms with Gasteiger partial charge in [-0.05, 0) is 29.8 Å². The molecular weight excluding hydrogens is 510 g/mol. The van der Waals surface area contributed by atoms with Gasteiger partial charge in [-0.1, -0.05) is 70.5 Å². The van der Waals surface area contributed by atoms with E-state index in [1.54, 1.807) is 42.5 Å². The molecule has 170 valence electrons. The Morgan fingerprint density at radius 2 is 1.61 bits per heavy atom. The first-order chi connectivity index (χ1) is 15.8. The number of hydrogen-bond donors (Lipinski definition) is 1. The molecular formula is C23H19BrN3O5S-. The van der Waals surface area contributed by atoms with Crippen molar-refractivity contribution in [3.63, 3.8) is 0 Å². The fraction of sp³-hybridized carbons (Fsp3) is 0.0870. The lowest BCUT2D eigenvalue weighted by molar-refractivity contribution is -0.255. The Morgan fingerprint density at radius 1 is 0.970 bits per heavy atom. The zero-order valence-corrected chi connectivity index (χ0v) is 19.6. The molecule has 0 radical (unpaired) electrons. The minimum atomic E-state index is -3.99. The molecule has 0 bridgehead atoms. The summed E-state index contributed by atoms with van der Waals surface area (Å²) in [6.45, 7) is -0.517. The minimum Gasteiger partial charge on any atom is -0.545 e. The number of carboxylic acid groups (broad SMARTS) is 1. The molecule has 8 nitrogen and oxygen atoms in total. The summed E-state index contributed by atoms with van der Waals surface area (Å²) >= 11 is 3.28. The van der Waals surface area contributed by atoms with Crippen molar-refractivity contribution in [2.45, 2.75) is 11.4 Å². The van der Waals surface area contributed by atoms with Crippen LogP contribution in [0.3, 0.4) is 0 Å². The van der Waals surface area contributed by atoms with E-state index in [9.17, 15) is 23.1 Å². The van der Waals surface area contributed by atoms with E-state index in [4.69, 9.17) is 0 Å². The maximum atomic E-state index is 13.2. The van der Waals surface area contributed by atoms with E-state index < -0.39 is 28.4 Å². The van der Waals surface area contributed by atoms with E-state index in [0.717, 1.165) is 15.0 Å². The van der Waals surface area contributed by atoms with Crippen LogP contribution in [0.1, 0.15) is 21.5 Å². The number of hydrazone groups is 1. The summed E-state index contributed by atoms with van der Waals surface area (Å²) in [5, 5.41) is 14.9. The Kier molecular flexibility index (Phi) is 8.10. The lowest BCUT2D eigenvalue weighted by atomic mass is 10.1. The maximum absolute atomic E-state index is 13.2. The molecule has 0 aromatic heterocycles. The van der Waals surface area contributed by atoms with Crippen LogP contribution in [0.25, 0.3) is 0 Å². The van der Waals surface area contributed by atoms with Crippen molar-refractivity contribution in [1.82, 2.24) is 9.73 Å². The SMILES string of the molecule is O=C(CN(Cc1ccccc1)S(=O)(=O)c1ccc(Br)cc1)N/N=C\c1ccccc1C(=O)[O-]. The standard InChI is InChI=1S/C23H20BrN3O5S/c24-19-10-12-20(13-11-19)33(31,32)27(15-17-6-2-1-3-7-17)16-22(28)26-25-14-18-8-4-5-9-21(18)23(29)30/h1-14H,15-16H2,(H,26,28)(H,29,30)/p-1/b25-14-. The van der Waals surface area contributed by atoms with Crippen molar-refractivity contribution in [2.24, 2.45) is 5.10 Å². The van der Waals surface area contributed by atoms with E-state index in [-0.39, 0.29) is 22.6 Å². The van der Waals surface area contributed by atoms with Gasteiger partial charge in [-0.3, -0.25) is 4.79 Å². The smallest absolute Gasteiger partial charge is 0.255 e. The molecule has 1 N–H and O–H groups in total. The molecule has 0 unspecified atom stereocenters. The predicted octanol–water partition coefficient (Wildman–Crippen LogP) is 2.15. The van der Waals surface area contributed by atoms with Gasteiger partial charge in [-0.25, -0.2) is 13.8 Å². The molecule has 0 heterocycles. The summed E-state index contributed by atoms with van der Waals surface area (Å²) in [6.07, 6.45) is 1.16. The van der Waals surface area contributed by atoms with Crippen LogP contribution >= 0.6 is 15.9 Å². The minimum absolute atomic E-state index is 0.0239. The van der Waals surface area contributed by atoms with E-state index in [2.05, 4.69) is 26.5 Å². The second-order valence-corrected chi connectivity index (χ2v) is 9.73. The molecule has 3 rings (SSSR count). The number of hydrogen-bond acceptors (Lipinski definition) is 6. The number of sulfonamides is 1. The molecule has 3 aromatic rings. The highest BCUT2D eigenvalue weighted by atomic mass is 79.9. The highest BCUT2D eigenvalue weighted by Crippen LogP contribution is 2.20. The van der Waals surface area contributed by atoms with Crippen LogP contribution in [0, 0.1) is 0 Å². The maximum Gasteiger partial charge on any atom is 0.255 e. The Labute approximate surface area is 199 Å². The largest absolute Gasteiger partial charge is 0.545 e. The van der Waals surface area contributed by atoms with E-state index in [1.165, 1.54) is 30.3 Å². The average Bonchev–Trinajstić information content (AvgIpc) is 2.80. The first kappa shape index (κ1) is 24.3. The van der Waals surface area contributed by atoms with Crippen LogP contribution in [-0.2, 0) is 21.4 Å². The third-order valence-corrected chi connectivity index (χ3v) is 6.88. The van der Waals surface area contributed by atoms with Gasteiger partial charge < -0.3 is 9.90 Å². The highest BCUT2D eigenvalue weighted by Gasteiger charge is 2.27. The van der Waals surface area contributed by atoms with Crippen LogP contribution in [0.2, 0.25) is 0 Å². The van der Waals surface area contributed by atoms with Gasteiger partial charge in [-0.2, -0.15) is 9.41 Å². The summed E-state index contributed by atoms with van der Waals surface area (Å²) in [6, 6.07) is 21.0. The van der Waals surface area contributed by atoms with Crippen LogP contribution in [0.5, 0.6) is 0 Å². The Morgan fingerprint density at radius 3 is 2.27 bits per heavy atom. The van der Waals surface area contributed by atoms with Gasteiger partial charge in [0.25, 0.3) is 5.91 Å². The van der Waals surface area contributed by atoms with Crippen LogP contribution in [0.4, 0.5) is 0 Å². The molecule has 0 fully saturated rings. The van der Waals surface area contributed by atoms with Crippen molar-refractivity contribution in [2.75, 3.05) is 6.54 Å². The van der Waals surface area contributed by atoms with Crippen molar-refractivity contribution in [3.05, 3.63) is 100 Å². The first-order valence-electron chi connectivity index (χ1n) is 9.69. The molecule has 33 heavy (non-hydrogen) atoms. The number of carbonyl (C=O) groups is 2. The van der Waals surface area contributed by atoms with Gasteiger partial charge in [0.1, 0.15) is 0 Å². The molecule has 0 aliphatic carbocycles. The van der Waals surface area contributed by atoms with Gasteiger partial charge >= 0.3 is 0 Å². The van der Waals surface area contributed by atoms with E-state index in [0.29, 0.717) is 5.56 Å². The predicted molar refractivity (Wildman–Crippen MR) is 125 cm³/mol.